The van der Waals surface area contributed by atoms with Crippen LogP contribution < -0.4 is 0 Å². The molecule has 0 aliphatic heterocycles. The number of hydrogen-bond acceptors (Lipinski definition) is 4. The van der Waals surface area contributed by atoms with E-state index in [1.54, 1.807) is 13.8 Å². The first-order valence-corrected chi connectivity index (χ1v) is 6.65. The van der Waals surface area contributed by atoms with E-state index in [-0.39, 0.29) is 11.9 Å². The van der Waals surface area contributed by atoms with Gasteiger partial charge >= 0.3 is 12.1 Å². The Morgan fingerprint density at radius 3 is 2.63 bits per heavy atom. The van der Waals surface area contributed by atoms with Crippen LogP contribution in [0.2, 0.25) is 0 Å². The second kappa shape index (κ2) is 6.79. The summed E-state index contributed by atoms with van der Waals surface area (Å²) in [6, 6.07) is 2.27. The number of halogens is 3. The first-order chi connectivity index (χ1) is 8.84. The zero-order valence-electron chi connectivity index (χ0n) is 10.5. The van der Waals surface area contributed by atoms with Gasteiger partial charge in [0.15, 0.2) is 0 Å². The van der Waals surface area contributed by atoms with Crippen LogP contribution in [0.3, 0.4) is 0 Å². The zero-order valence-corrected chi connectivity index (χ0v) is 11.3. The minimum atomic E-state index is -4.38. The van der Waals surface area contributed by atoms with Crippen LogP contribution in [0, 0.1) is 5.92 Å². The van der Waals surface area contributed by atoms with E-state index in [0.717, 1.165) is 12.3 Å². The first kappa shape index (κ1) is 15.8. The monoisotopic (exact) mass is 293 g/mol. The maximum Gasteiger partial charge on any atom is 0.417 e. The fourth-order valence-corrected chi connectivity index (χ4v) is 2.04. The molecular weight excluding hydrogens is 279 g/mol. The normalized spacial score (nSPS) is 13.1. The van der Waals surface area contributed by atoms with E-state index in [1.165, 1.54) is 17.8 Å². The van der Waals surface area contributed by atoms with Gasteiger partial charge in [0.05, 0.1) is 23.1 Å². The highest BCUT2D eigenvalue weighted by atomic mass is 32.2. The summed E-state index contributed by atoms with van der Waals surface area (Å²) in [5.41, 5.74) is -0.782. The first-order valence-electron chi connectivity index (χ1n) is 5.67. The van der Waals surface area contributed by atoms with E-state index >= 15 is 0 Å². The largest absolute Gasteiger partial charge is 0.466 e. The number of carbonyl (C=O) groups excluding carboxylic acids is 1. The molecular formula is C12H14F3NO2S. The van der Waals surface area contributed by atoms with Crippen molar-refractivity contribution in [1.82, 2.24) is 4.98 Å². The molecule has 1 aromatic rings. The maximum absolute atomic E-state index is 12.3. The number of ether oxygens (including phenoxy) is 1. The van der Waals surface area contributed by atoms with Crippen LogP contribution in [-0.4, -0.2) is 23.3 Å². The summed E-state index contributed by atoms with van der Waals surface area (Å²) in [6.45, 7) is 3.73. The predicted octanol–water partition coefficient (Wildman–Crippen LogP) is 3.39. The van der Waals surface area contributed by atoms with Crippen LogP contribution in [0.15, 0.2) is 23.4 Å². The Morgan fingerprint density at radius 1 is 1.47 bits per heavy atom. The van der Waals surface area contributed by atoms with E-state index < -0.39 is 11.7 Å². The van der Waals surface area contributed by atoms with Crippen LogP contribution in [0.1, 0.15) is 19.4 Å². The maximum atomic E-state index is 12.3. The number of rotatable bonds is 5. The van der Waals surface area contributed by atoms with Gasteiger partial charge in [0.25, 0.3) is 0 Å². The fraction of sp³-hybridized carbons (Fsp3) is 0.500. The average Bonchev–Trinajstić information content (AvgIpc) is 2.35. The van der Waals surface area contributed by atoms with Crippen molar-refractivity contribution in [1.29, 1.82) is 0 Å². The molecule has 0 saturated heterocycles. The molecule has 0 amide bonds. The molecule has 0 aliphatic carbocycles. The van der Waals surface area contributed by atoms with Crippen LogP contribution in [0.4, 0.5) is 13.2 Å². The molecule has 0 spiro atoms. The highest BCUT2D eigenvalue weighted by molar-refractivity contribution is 7.99. The number of aromatic nitrogens is 1. The molecule has 106 valence electrons. The standard InChI is InChI=1S/C12H14F3NO2S/c1-3-18-11(17)8(2)7-19-10-5-4-9(6-16-10)12(13,14)15/h4-6,8H,3,7H2,1-2H3. The highest BCUT2D eigenvalue weighted by Crippen LogP contribution is 2.29. The quantitative estimate of drug-likeness (QED) is 0.616. The molecule has 1 aromatic heterocycles. The zero-order chi connectivity index (χ0) is 14.5. The average molecular weight is 293 g/mol. The third-order valence-electron chi connectivity index (χ3n) is 2.23. The van der Waals surface area contributed by atoms with Gasteiger partial charge in [-0.1, -0.05) is 6.92 Å². The Hall–Kier alpha value is -1.24. The summed E-state index contributed by atoms with van der Waals surface area (Å²) in [6.07, 6.45) is -3.59. The fourth-order valence-electron chi connectivity index (χ4n) is 1.20. The van der Waals surface area contributed by atoms with Gasteiger partial charge in [-0.05, 0) is 19.1 Å². The van der Waals surface area contributed by atoms with Gasteiger partial charge in [-0.2, -0.15) is 13.2 Å². The van der Waals surface area contributed by atoms with Gasteiger partial charge in [-0.25, -0.2) is 4.98 Å². The molecule has 7 heteroatoms. The lowest BCUT2D eigenvalue weighted by atomic mass is 10.2. The van der Waals surface area contributed by atoms with Crippen molar-refractivity contribution in [2.75, 3.05) is 12.4 Å². The Bertz CT molecular complexity index is 420. The second-order valence-electron chi connectivity index (χ2n) is 3.85. The summed E-state index contributed by atoms with van der Waals surface area (Å²) in [7, 11) is 0. The van der Waals surface area contributed by atoms with Gasteiger partial charge in [0, 0.05) is 11.9 Å². The van der Waals surface area contributed by atoms with Crippen molar-refractivity contribution in [3.63, 3.8) is 0 Å². The SMILES string of the molecule is CCOC(=O)C(C)CSc1ccc(C(F)(F)F)cn1. The van der Waals surface area contributed by atoms with Crippen molar-refractivity contribution in [2.45, 2.75) is 25.0 Å². The lowest BCUT2D eigenvalue weighted by molar-refractivity contribution is -0.146. The summed E-state index contributed by atoms with van der Waals surface area (Å²) >= 11 is 1.22. The molecule has 19 heavy (non-hydrogen) atoms. The number of esters is 1. The van der Waals surface area contributed by atoms with Gasteiger partial charge in [0.1, 0.15) is 0 Å². The van der Waals surface area contributed by atoms with E-state index in [4.69, 9.17) is 4.74 Å². The number of pyridine rings is 1. The summed E-state index contributed by atoms with van der Waals surface area (Å²) < 4.78 is 41.8. The van der Waals surface area contributed by atoms with Crippen molar-refractivity contribution in [2.24, 2.45) is 5.92 Å². The molecule has 0 aliphatic rings. The molecule has 1 atom stereocenters. The number of alkyl halides is 3. The minimum Gasteiger partial charge on any atom is -0.466 e. The molecule has 0 radical (unpaired) electrons. The Labute approximate surface area is 113 Å². The van der Waals surface area contributed by atoms with E-state index in [9.17, 15) is 18.0 Å². The van der Waals surface area contributed by atoms with E-state index in [2.05, 4.69) is 4.98 Å². The molecule has 1 rings (SSSR count). The summed E-state index contributed by atoms with van der Waals surface area (Å²) in [5, 5.41) is 0.448. The Balaban J connectivity index is 2.53. The van der Waals surface area contributed by atoms with Gasteiger partial charge < -0.3 is 4.74 Å². The van der Waals surface area contributed by atoms with E-state index in [0.29, 0.717) is 17.4 Å². The van der Waals surface area contributed by atoms with Crippen LogP contribution in [0.25, 0.3) is 0 Å². The van der Waals surface area contributed by atoms with Crippen LogP contribution >= 0.6 is 11.8 Å². The number of thioether (sulfide) groups is 1. The topological polar surface area (TPSA) is 39.2 Å². The Morgan fingerprint density at radius 2 is 2.16 bits per heavy atom. The predicted molar refractivity (Wildman–Crippen MR) is 65.8 cm³/mol. The third-order valence-corrected chi connectivity index (χ3v) is 3.44. The highest BCUT2D eigenvalue weighted by Gasteiger charge is 2.30. The number of hydrogen-bond donors (Lipinski definition) is 0. The summed E-state index contributed by atoms with van der Waals surface area (Å²) in [4.78, 5) is 15.1. The third kappa shape index (κ3) is 5.10. The summed E-state index contributed by atoms with van der Waals surface area (Å²) in [5.74, 6) is -0.229. The van der Waals surface area contributed by atoms with Crippen molar-refractivity contribution in [3.8, 4) is 0 Å². The molecule has 1 heterocycles. The second-order valence-corrected chi connectivity index (χ2v) is 4.89. The van der Waals surface area contributed by atoms with Gasteiger partial charge in [-0.3, -0.25) is 4.79 Å². The van der Waals surface area contributed by atoms with Gasteiger partial charge in [0.2, 0.25) is 0 Å². The van der Waals surface area contributed by atoms with Crippen molar-refractivity contribution >= 4 is 17.7 Å². The molecule has 0 saturated carbocycles. The van der Waals surface area contributed by atoms with Crippen molar-refractivity contribution in [3.05, 3.63) is 23.9 Å². The molecule has 0 bridgehead atoms. The van der Waals surface area contributed by atoms with Crippen molar-refractivity contribution < 1.29 is 22.7 Å². The Kier molecular flexibility index (Phi) is 5.65. The van der Waals surface area contributed by atoms with Crippen LogP contribution in [-0.2, 0) is 15.7 Å². The van der Waals surface area contributed by atoms with Gasteiger partial charge in [-0.15, -0.1) is 11.8 Å². The molecule has 0 fully saturated rings. The van der Waals surface area contributed by atoms with Crippen LogP contribution in [0.5, 0.6) is 0 Å². The molecule has 1 unspecified atom stereocenters. The molecule has 0 N–H and O–H groups in total. The number of carbonyl (C=O) groups is 1. The molecule has 3 nitrogen and oxygen atoms in total. The van der Waals surface area contributed by atoms with E-state index in [1.807, 2.05) is 0 Å². The molecule has 0 aromatic carbocycles. The number of nitrogens with zero attached hydrogens (tertiary/aromatic N) is 1. The lowest BCUT2D eigenvalue weighted by Gasteiger charge is -2.10. The lowest BCUT2D eigenvalue weighted by Crippen LogP contribution is -2.16. The smallest absolute Gasteiger partial charge is 0.417 e. The minimum absolute atomic E-state index is 0.312.